The standard InChI is InChI=1S/C14H19BrN2O2S/c1-9-6-10(15)11(7-12(9)17(18)19)16-13-8-20-5-4-14(13,2)3/h6-7,13,16H,4-5,8H2,1-3H3. The van der Waals surface area contributed by atoms with Crippen molar-refractivity contribution in [3.8, 4) is 0 Å². The van der Waals surface area contributed by atoms with E-state index in [1.54, 1.807) is 13.0 Å². The number of nitro benzene ring substituents is 1. The predicted octanol–water partition coefficient (Wildman–Crippen LogP) is 4.61. The number of nitro groups is 1. The van der Waals surface area contributed by atoms with Gasteiger partial charge in [-0.2, -0.15) is 11.8 Å². The molecule has 110 valence electrons. The van der Waals surface area contributed by atoms with Crippen LogP contribution in [0.15, 0.2) is 16.6 Å². The van der Waals surface area contributed by atoms with Crippen molar-refractivity contribution in [3.63, 3.8) is 0 Å². The topological polar surface area (TPSA) is 55.2 Å². The molecule has 1 heterocycles. The average Bonchev–Trinajstić information content (AvgIpc) is 2.34. The van der Waals surface area contributed by atoms with Gasteiger partial charge in [0, 0.05) is 27.9 Å². The lowest BCUT2D eigenvalue weighted by molar-refractivity contribution is -0.385. The Bertz CT molecular complexity index is 534. The summed E-state index contributed by atoms with van der Waals surface area (Å²) in [5.74, 6) is 2.21. The van der Waals surface area contributed by atoms with Crippen LogP contribution in [-0.2, 0) is 0 Å². The van der Waals surface area contributed by atoms with Crippen molar-refractivity contribution in [3.05, 3.63) is 32.3 Å². The molecular weight excluding hydrogens is 340 g/mol. The summed E-state index contributed by atoms with van der Waals surface area (Å²) in [6.45, 7) is 6.26. The monoisotopic (exact) mass is 358 g/mol. The first-order valence-electron chi connectivity index (χ1n) is 6.60. The van der Waals surface area contributed by atoms with E-state index in [1.807, 2.05) is 17.8 Å². The van der Waals surface area contributed by atoms with Crippen LogP contribution in [0.3, 0.4) is 0 Å². The molecule has 0 bridgehead atoms. The first-order valence-corrected chi connectivity index (χ1v) is 8.55. The van der Waals surface area contributed by atoms with Crippen molar-refractivity contribution in [2.75, 3.05) is 16.8 Å². The van der Waals surface area contributed by atoms with Gasteiger partial charge in [-0.25, -0.2) is 0 Å². The van der Waals surface area contributed by atoms with E-state index in [0.717, 1.165) is 22.3 Å². The molecule has 1 N–H and O–H groups in total. The van der Waals surface area contributed by atoms with E-state index in [0.29, 0.717) is 11.6 Å². The van der Waals surface area contributed by atoms with E-state index >= 15 is 0 Å². The Morgan fingerprint density at radius 1 is 1.50 bits per heavy atom. The molecule has 1 aliphatic heterocycles. The molecule has 2 rings (SSSR count). The largest absolute Gasteiger partial charge is 0.380 e. The van der Waals surface area contributed by atoms with Gasteiger partial charge in [0.2, 0.25) is 0 Å². The highest BCUT2D eigenvalue weighted by Gasteiger charge is 2.33. The zero-order chi connectivity index (χ0) is 14.9. The number of aryl methyl sites for hydroxylation is 1. The van der Waals surface area contributed by atoms with Gasteiger partial charge in [0.1, 0.15) is 0 Å². The smallest absolute Gasteiger partial charge is 0.274 e. The number of halogens is 1. The van der Waals surface area contributed by atoms with Crippen molar-refractivity contribution < 1.29 is 4.92 Å². The molecule has 6 heteroatoms. The predicted molar refractivity (Wildman–Crippen MR) is 88.7 cm³/mol. The molecule has 0 radical (unpaired) electrons. The lowest BCUT2D eigenvalue weighted by Crippen LogP contribution is -2.41. The Hall–Kier alpha value is -0.750. The first-order chi connectivity index (χ1) is 9.31. The minimum absolute atomic E-state index is 0.164. The number of rotatable bonds is 3. The summed E-state index contributed by atoms with van der Waals surface area (Å²) >= 11 is 5.44. The minimum atomic E-state index is -0.326. The zero-order valence-electron chi connectivity index (χ0n) is 11.9. The van der Waals surface area contributed by atoms with Gasteiger partial charge in [-0.1, -0.05) is 13.8 Å². The van der Waals surface area contributed by atoms with E-state index in [1.165, 1.54) is 5.75 Å². The number of hydrogen-bond acceptors (Lipinski definition) is 4. The van der Waals surface area contributed by atoms with Crippen molar-refractivity contribution in [2.24, 2.45) is 5.41 Å². The number of nitrogens with one attached hydrogen (secondary N) is 1. The van der Waals surface area contributed by atoms with Crippen molar-refractivity contribution in [2.45, 2.75) is 33.2 Å². The molecule has 1 aromatic rings. The fourth-order valence-electron chi connectivity index (χ4n) is 2.33. The van der Waals surface area contributed by atoms with Crippen LogP contribution in [0, 0.1) is 22.5 Å². The molecule has 20 heavy (non-hydrogen) atoms. The highest BCUT2D eigenvalue weighted by atomic mass is 79.9. The van der Waals surface area contributed by atoms with Crippen LogP contribution in [0.2, 0.25) is 0 Å². The van der Waals surface area contributed by atoms with Crippen LogP contribution in [-0.4, -0.2) is 22.5 Å². The summed E-state index contributed by atoms with van der Waals surface area (Å²) in [6.07, 6.45) is 1.15. The molecule has 4 nitrogen and oxygen atoms in total. The van der Waals surface area contributed by atoms with Gasteiger partial charge >= 0.3 is 0 Å². The lowest BCUT2D eigenvalue weighted by Gasteiger charge is -2.39. The minimum Gasteiger partial charge on any atom is -0.380 e. The lowest BCUT2D eigenvalue weighted by atomic mass is 9.82. The summed E-state index contributed by atoms with van der Waals surface area (Å²) < 4.78 is 0.881. The molecule has 1 fully saturated rings. The maximum atomic E-state index is 11.1. The number of benzene rings is 1. The van der Waals surface area contributed by atoms with Gasteiger partial charge in [-0.3, -0.25) is 10.1 Å². The van der Waals surface area contributed by atoms with Crippen molar-refractivity contribution in [1.29, 1.82) is 0 Å². The summed E-state index contributed by atoms with van der Waals surface area (Å²) in [5, 5.41) is 14.6. The van der Waals surface area contributed by atoms with Gasteiger partial charge in [-0.05, 0) is 46.5 Å². The first kappa shape index (κ1) is 15.6. The van der Waals surface area contributed by atoms with Crippen LogP contribution in [0.4, 0.5) is 11.4 Å². The summed E-state index contributed by atoms with van der Waals surface area (Å²) in [6, 6.07) is 3.76. The maximum Gasteiger partial charge on any atom is 0.274 e. The fourth-order valence-corrected chi connectivity index (χ4v) is 4.51. The Balaban J connectivity index is 2.29. The maximum absolute atomic E-state index is 11.1. The van der Waals surface area contributed by atoms with E-state index in [9.17, 15) is 10.1 Å². The van der Waals surface area contributed by atoms with E-state index in [4.69, 9.17) is 0 Å². The van der Waals surface area contributed by atoms with Crippen molar-refractivity contribution in [1.82, 2.24) is 0 Å². The van der Waals surface area contributed by atoms with Gasteiger partial charge in [0.25, 0.3) is 5.69 Å². The summed E-state index contributed by atoms with van der Waals surface area (Å²) in [5.41, 5.74) is 1.84. The summed E-state index contributed by atoms with van der Waals surface area (Å²) in [7, 11) is 0. The molecule has 1 atom stereocenters. The van der Waals surface area contributed by atoms with Crippen LogP contribution < -0.4 is 5.32 Å². The second kappa shape index (κ2) is 5.93. The average molecular weight is 359 g/mol. The van der Waals surface area contributed by atoms with Crippen LogP contribution >= 0.6 is 27.7 Å². The Kier molecular flexibility index (Phi) is 4.64. The summed E-state index contributed by atoms with van der Waals surface area (Å²) in [4.78, 5) is 10.7. The normalized spacial score (nSPS) is 21.5. The van der Waals surface area contributed by atoms with E-state index in [-0.39, 0.29) is 16.0 Å². The Morgan fingerprint density at radius 2 is 2.20 bits per heavy atom. The number of hydrogen-bond donors (Lipinski definition) is 1. The second-order valence-corrected chi connectivity index (χ2v) is 7.89. The number of thioether (sulfide) groups is 1. The highest BCUT2D eigenvalue weighted by molar-refractivity contribution is 9.10. The van der Waals surface area contributed by atoms with Gasteiger partial charge in [-0.15, -0.1) is 0 Å². The highest BCUT2D eigenvalue weighted by Crippen LogP contribution is 2.38. The van der Waals surface area contributed by atoms with Crippen LogP contribution in [0.1, 0.15) is 25.8 Å². The molecular formula is C14H19BrN2O2S. The third-order valence-electron chi connectivity index (χ3n) is 3.93. The SMILES string of the molecule is Cc1cc(Br)c(NC2CSCCC2(C)C)cc1[N+](=O)[O-]. The second-order valence-electron chi connectivity index (χ2n) is 5.89. The third kappa shape index (κ3) is 3.28. The van der Waals surface area contributed by atoms with Crippen LogP contribution in [0.5, 0.6) is 0 Å². The van der Waals surface area contributed by atoms with E-state index in [2.05, 4.69) is 35.1 Å². The van der Waals surface area contributed by atoms with Crippen molar-refractivity contribution >= 4 is 39.1 Å². The molecule has 1 aromatic carbocycles. The molecule has 0 aliphatic carbocycles. The third-order valence-corrected chi connectivity index (χ3v) is 5.65. The Morgan fingerprint density at radius 3 is 2.80 bits per heavy atom. The molecule has 0 spiro atoms. The zero-order valence-corrected chi connectivity index (χ0v) is 14.3. The molecule has 0 aromatic heterocycles. The van der Waals surface area contributed by atoms with Gasteiger partial charge in [0.05, 0.1) is 10.6 Å². The number of anilines is 1. The van der Waals surface area contributed by atoms with E-state index < -0.39 is 0 Å². The number of nitrogens with zero attached hydrogens (tertiary/aromatic N) is 1. The fraction of sp³-hybridized carbons (Fsp3) is 0.571. The Labute approximate surface area is 132 Å². The molecule has 1 aliphatic rings. The molecule has 0 amide bonds. The molecule has 1 saturated heterocycles. The van der Waals surface area contributed by atoms with Gasteiger partial charge in [0.15, 0.2) is 0 Å². The molecule has 0 saturated carbocycles. The molecule has 1 unspecified atom stereocenters. The van der Waals surface area contributed by atoms with Crippen LogP contribution in [0.25, 0.3) is 0 Å². The van der Waals surface area contributed by atoms with Gasteiger partial charge < -0.3 is 5.32 Å². The quantitative estimate of drug-likeness (QED) is 0.633.